The van der Waals surface area contributed by atoms with Crippen molar-refractivity contribution in [3.63, 3.8) is 0 Å². The van der Waals surface area contributed by atoms with Crippen LogP contribution in [0.25, 0.3) is 0 Å². The number of carboxylic acids is 1. The first-order valence-corrected chi connectivity index (χ1v) is 6.59. The molecular weight excluding hydrogens is 258 g/mol. The number of amides is 1. The summed E-state index contributed by atoms with van der Waals surface area (Å²) < 4.78 is 5.47. The van der Waals surface area contributed by atoms with Crippen LogP contribution in [0.4, 0.5) is 4.79 Å². The van der Waals surface area contributed by atoms with Gasteiger partial charge in [-0.2, -0.15) is 0 Å². The molecule has 0 aromatic heterocycles. The van der Waals surface area contributed by atoms with Gasteiger partial charge in [-0.05, 0) is 37.5 Å². The summed E-state index contributed by atoms with van der Waals surface area (Å²) in [6, 6.07) is 5.98. The van der Waals surface area contributed by atoms with Crippen LogP contribution in [0.15, 0.2) is 18.2 Å². The highest BCUT2D eigenvalue weighted by Gasteiger charge is 2.42. The summed E-state index contributed by atoms with van der Waals surface area (Å²) in [5.41, 5.74) is 2.55. The van der Waals surface area contributed by atoms with Crippen LogP contribution in [0.5, 0.6) is 0 Å². The number of cyclic esters (lactones) is 1. The second kappa shape index (κ2) is 5.15. The summed E-state index contributed by atoms with van der Waals surface area (Å²) in [6.45, 7) is 6.45. The molecule has 5 heteroatoms. The van der Waals surface area contributed by atoms with Crippen LogP contribution < -0.4 is 0 Å². The maximum absolute atomic E-state index is 11.8. The number of carboxylic acid groups (broad SMARTS) is 1. The van der Waals surface area contributed by atoms with Crippen LogP contribution >= 0.6 is 0 Å². The smallest absolute Gasteiger partial charge is 0.410 e. The molecule has 2 rings (SSSR count). The van der Waals surface area contributed by atoms with Gasteiger partial charge < -0.3 is 14.7 Å². The number of carbonyl (C=O) groups excluding carboxylic acids is 1. The van der Waals surface area contributed by atoms with Gasteiger partial charge in [0.2, 0.25) is 0 Å². The maximum atomic E-state index is 11.8. The van der Waals surface area contributed by atoms with Gasteiger partial charge in [0.05, 0.1) is 13.0 Å². The van der Waals surface area contributed by atoms with E-state index in [1.807, 2.05) is 39.0 Å². The van der Waals surface area contributed by atoms with Crippen molar-refractivity contribution < 1.29 is 19.4 Å². The maximum Gasteiger partial charge on any atom is 0.410 e. The number of benzene rings is 1. The average molecular weight is 277 g/mol. The highest BCUT2D eigenvalue weighted by atomic mass is 16.6. The molecule has 1 atom stereocenters. The van der Waals surface area contributed by atoms with Crippen LogP contribution in [-0.2, 0) is 15.1 Å². The van der Waals surface area contributed by atoms with E-state index in [4.69, 9.17) is 9.84 Å². The van der Waals surface area contributed by atoms with Crippen molar-refractivity contribution in [2.75, 3.05) is 13.1 Å². The normalized spacial score (nSPS) is 21.9. The number of carbonyl (C=O) groups is 2. The van der Waals surface area contributed by atoms with Crippen molar-refractivity contribution in [2.24, 2.45) is 0 Å². The van der Waals surface area contributed by atoms with Gasteiger partial charge in [-0.25, -0.2) is 4.79 Å². The van der Waals surface area contributed by atoms with E-state index in [1.165, 1.54) is 10.5 Å². The Bertz CT molecular complexity index is 555. The number of nitrogens with zero attached hydrogens (tertiary/aromatic N) is 1. The highest BCUT2D eigenvalue weighted by molar-refractivity contribution is 5.73. The topological polar surface area (TPSA) is 66.8 Å². The zero-order valence-electron chi connectivity index (χ0n) is 12.0. The van der Waals surface area contributed by atoms with E-state index < -0.39 is 17.7 Å². The van der Waals surface area contributed by atoms with Crippen molar-refractivity contribution in [2.45, 2.75) is 32.8 Å². The van der Waals surface area contributed by atoms with E-state index in [0.717, 1.165) is 11.1 Å². The van der Waals surface area contributed by atoms with Crippen LogP contribution in [0, 0.1) is 13.8 Å². The van der Waals surface area contributed by atoms with Crippen LogP contribution in [-0.4, -0.2) is 35.2 Å². The van der Waals surface area contributed by atoms with Gasteiger partial charge in [-0.3, -0.25) is 4.79 Å². The zero-order chi connectivity index (χ0) is 14.9. The van der Waals surface area contributed by atoms with Crippen molar-refractivity contribution in [1.82, 2.24) is 4.90 Å². The lowest BCUT2D eigenvalue weighted by Gasteiger charge is -2.23. The molecule has 0 aliphatic carbocycles. The molecular formula is C15H19NO4. The summed E-state index contributed by atoms with van der Waals surface area (Å²) >= 11 is 0. The lowest BCUT2D eigenvalue weighted by atomic mass is 9.93. The summed E-state index contributed by atoms with van der Waals surface area (Å²) in [4.78, 5) is 23.9. The number of aliphatic carboxylic acids is 1. The molecule has 0 bridgehead atoms. The van der Waals surface area contributed by atoms with E-state index in [-0.39, 0.29) is 13.0 Å². The summed E-state index contributed by atoms with van der Waals surface area (Å²) in [7, 11) is 0. The Morgan fingerprint density at radius 3 is 2.70 bits per heavy atom. The lowest BCUT2D eigenvalue weighted by Crippen LogP contribution is -2.31. The zero-order valence-corrected chi connectivity index (χ0v) is 12.0. The molecule has 108 valence electrons. The standard InChI is InChI=1S/C15H19NO4/c1-10-4-5-12(8-11(10)2)15(3)9-16(14(19)20-15)7-6-13(17)18/h4-5,8H,6-7,9H2,1-3H3,(H,17,18). The molecule has 20 heavy (non-hydrogen) atoms. The molecule has 1 aromatic rings. The number of hydrogen-bond donors (Lipinski definition) is 1. The minimum atomic E-state index is -0.919. The average Bonchev–Trinajstić information content (AvgIpc) is 2.66. The quantitative estimate of drug-likeness (QED) is 0.918. The Hall–Kier alpha value is -2.04. The van der Waals surface area contributed by atoms with E-state index in [1.54, 1.807) is 0 Å². The molecule has 0 saturated carbocycles. The largest absolute Gasteiger partial charge is 0.481 e. The molecule has 1 N–H and O–H groups in total. The Kier molecular flexibility index (Phi) is 3.70. The number of ether oxygens (including phenoxy) is 1. The first-order chi connectivity index (χ1) is 9.32. The second-order valence-corrected chi connectivity index (χ2v) is 5.46. The number of hydrogen-bond acceptors (Lipinski definition) is 3. The molecule has 1 unspecified atom stereocenters. The molecule has 1 aliphatic rings. The highest BCUT2D eigenvalue weighted by Crippen LogP contribution is 2.33. The lowest BCUT2D eigenvalue weighted by molar-refractivity contribution is -0.137. The minimum absolute atomic E-state index is 0.0713. The van der Waals surface area contributed by atoms with Crippen LogP contribution in [0.3, 0.4) is 0 Å². The summed E-state index contributed by atoms with van der Waals surface area (Å²) in [6.07, 6.45) is -0.523. The van der Waals surface area contributed by atoms with Gasteiger partial charge in [-0.1, -0.05) is 18.2 Å². The van der Waals surface area contributed by atoms with E-state index in [9.17, 15) is 9.59 Å². The molecule has 1 aliphatic heterocycles. The predicted octanol–water partition coefficient (Wildman–Crippen LogP) is 2.45. The Morgan fingerprint density at radius 1 is 1.40 bits per heavy atom. The Labute approximate surface area is 118 Å². The predicted molar refractivity (Wildman–Crippen MR) is 73.6 cm³/mol. The van der Waals surface area contributed by atoms with Crippen LogP contribution in [0.1, 0.15) is 30.0 Å². The molecule has 1 heterocycles. The summed E-state index contributed by atoms with van der Waals surface area (Å²) in [5, 5.41) is 8.70. The number of rotatable bonds is 4. The Balaban J connectivity index is 2.17. The fourth-order valence-electron chi connectivity index (χ4n) is 2.34. The molecule has 0 spiro atoms. The SMILES string of the molecule is Cc1ccc(C2(C)CN(CCC(=O)O)C(=O)O2)cc1C. The van der Waals surface area contributed by atoms with Crippen molar-refractivity contribution in [1.29, 1.82) is 0 Å². The number of aryl methyl sites for hydroxylation is 2. The van der Waals surface area contributed by atoms with Gasteiger partial charge in [0.25, 0.3) is 0 Å². The molecule has 1 saturated heterocycles. The molecule has 1 aromatic carbocycles. The fourth-order valence-corrected chi connectivity index (χ4v) is 2.34. The van der Waals surface area contributed by atoms with Gasteiger partial charge in [0.1, 0.15) is 0 Å². The van der Waals surface area contributed by atoms with Gasteiger partial charge in [0.15, 0.2) is 5.60 Å². The molecule has 1 amide bonds. The monoisotopic (exact) mass is 277 g/mol. The first kappa shape index (κ1) is 14.4. The first-order valence-electron chi connectivity index (χ1n) is 6.59. The van der Waals surface area contributed by atoms with Gasteiger partial charge in [-0.15, -0.1) is 0 Å². The summed E-state index contributed by atoms with van der Waals surface area (Å²) in [5.74, 6) is -0.919. The minimum Gasteiger partial charge on any atom is -0.481 e. The van der Waals surface area contributed by atoms with E-state index in [2.05, 4.69) is 0 Å². The Morgan fingerprint density at radius 2 is 2.10 bits per heavy atom. The molecule has 0 radical (unpaired) electrons. The third-order valence-corrected chi connectivity index (χ3v) is 3.78. The van der Waals surface area contributed by atoms with Gasteiger partial charge in [0, 0.05) is 6.54 Å². The third-order valence-electron chi connectivity index (χ3n) is 3.78. The van der Waals surface area contributed by atoms with Gasteiger partial charge >= 0.3 is 12.1 Å². The van der Waals surface area contributed by atoms with Crippen molar-refractivity contribution in [3.05, 3.63) is 34.9 Å². The second-order valence-electron chi connectivity index (χ2n) is 5.46. The van der Waals surface area contributed by atoms with Crippen molar-refractivity contribution >= 4 is 12.1 Å². The molecule has 5 nitrogen and oxygen atoms in total. The third kappa shape index (κ3) is 2.76. The van der Waals surface area contributed by atoms with E-state index in [0.29, 0.717) is 6.54 Å². The van der Waals surface area contributed by atoms with Crippen LogP contribution in [0.2, 0.25) is 0 Å². The fraction of sp³-hybridized carbons (Fsp3) is 0.467. The van der Waals surface area contributed by atoms with E-state index >= 15 is 0 Å². The molecule has 1 fully saturated rings. The van der Waals surface area contributed by atoms with Crippen molar-refractivity contribution in [3.8, 4) is 0 Å².